The van der Waals surface area contributed by atoms with E-state index in [0.717, 1.165) is 27.1 Å². The first-order chi connectivity index (χ1) is 10.1. The lowest BCUT2D eigenvalue weighted by molar-refractivity contribution is 0.553. The Bertz CT molecular complexity index is 817. The van der Waals surface area contributed by atoms with E-state index in [1.54, 1.807) is 6.08 Å². The topological polar surface area (TPSA) is 43.9 Å². The van der Waals surface area contributed by atoms with Crippen molar-refractivity contribution in [3.63, 3.8) is 0 Å². The van der Waals surface area contributed by atoms with Gasteiger partial charge in [0.1, 0.15) is 5.69 Å². The molecule has 0 aliphatic heterocycles. The van der Waals surface area contributed by atoms with Crippen LogP contribution < -0.4 is 0 Å². The van der Waals surface area contributed by atoms with Crippen LogP contribution in [0.25, 0.3) is 23.3 Å². The molecule has 0 bridgehead atoms. The van der Waals surface area contributed by atoms with Crippen molar-refractivity contribution in [3.05, 3.63) is 58.5 Å². The molecule has 0 saturated carbocycles. The van der Waals surface area contributed by atoms with Crippen LogP contribution in [-0.4, -0.2) is 14.8 Å². The second-order valence-corrected chi connectivity index (χ2v) is 5.70. The minimum absolute atomic E-state index is 0.420. The summed E-state index contributed by atoms with van der Waals surface area (Å²) in [7, 11) is 0. The van der Waals surface area contributed by atoms with Crippen LogP contribution in [0.2, 0.25) is 0 Å². The number of aromatic nitrogens is 3. The van der Waals surface area contributed by atoms with Crippen molar-refractivity contribution in [1.82, 2.24) is 14.8 Å². The molecule has 0 atom stereocenters. The molecule has 1 aromatic carbocycles. The second kappa shape index (κ2) is 5.33. The molecule has 0 N–H and O–H groups in total. The van der Waals surface area contributed by atoms with Gasteiger partial charge in [-0.15, -0.1) is 10.2 Å². The maximum Gasteiger partial charge on any atom is 0.265 e. The van der Waals surface area contributed by atoms with Crippen LogP contribution in [0.4, 0.5) is 0 Å². The van der Waals surface area contributed by atoms with Gasteiger partial charge in [0.15, 0.2) is 0 Å². The highest BCUT2D eigenvalue weighted by Gasteiger charge is 2.18. The fraction of sp³-hybridized carbons (Fsp3) is 0.125. The van der Waals surface area contributed by atoms with Gasteiger partial charge in [-0.3, -0.25) is 0 Å². The Morgan fingerprint density at radius 1 is 1.24 bits per heavy atom. The average Bonchev–Trinajstić information content (AvgIpc) is 3.02. The van der Waals surface area contributed by atoms with E-state index in [4.69, 9.17) is 4.42 Å². The second-order valence-electron chi connectivity index (χ2n) is 4.78. The zero-order valence-electron chi connectivity index (χ0n) is 11.8. The third-order valence-corrected chi connectivity index (χ3v) is 3.75. The Morgan fingerprint density at radius 2 is 2.05 bits per heavy atom. The zero-order valence-corrected chi connectivity index (χ0v) is 13.4. The molecule has 0 aliphatic rings. The summed E-state index contributed by atoms with van der Waals surface area (Å²) in [6, 6.07) is 10.2. The third kappa shape index (κ3) is 2.45. The van der Waals surface area contributed by atoms with Crippen LogP contribution in [0.1, 0.15) is 17.1 Å². The number of benzene rings is 1. The van der Waals surface area contributed by atoms with Crippen LogP contribution in [0.3, 0.4) is 0 Å². The van der Waals surface area contributed by atoms with Crippen molar-refractivity contribution in [3.8, 4) is 17.3 Å². The smallest absolute Gasteiger partial charge is 0.265 e. The number of rotatable bonds is 3. The first-order valence-electron chi connectivity index (χ1n) is 6.51. The van der Waals surface area contributed by atoms with E-state index in [9.17, 15) is 0 Å². The van der Waals surface area contributed by atoms with Crippen LogP contribution in [-0.2, 0) is 0 Å². The van der Waals surface area contributed by atoms with Crippen LogP contribution >= 0.6 is 15.9 Å². The molecule has 0 aliphatic carbocycles. The van der Waals surface area contributed by atoms with E-state index < -0.39 is 0 Å². The first kappa shape index (κ1) is 13.8. The highest BCUT2D eigenvalue weighted by molar-refractivity contribution is 9.10. The number of nitrogens with zero attached hydrogens (tertiary/aromatic N) is 3. The number of aryl methyl sites for hydroxylation is 2. The summed E-state index contributed by atoms with van der Waals surface area (Å²) in [4.78, 5) is 0. The van der Waals surface area contributed by atoms with Crippen LogP contribution in [0, 0.1) is 13.8 Å². The van der Waals surface area contributed by atoms with Gasteiger partial charge in [0.05, 0.1) is 0 Å². The monoisotopic (exact) mass is 343 g/mol. The maximum atomic E-state index is 5.63. The van der Waals surface area contributed by atoms with Gasteiger partial charge in [-0.1, -0.05) is 28.6 Å². The maximum absolute atomic E-state index is 5.63. The van der Waals surface area contributed by atoms with Crippen molar-refractivity contribution in [1.29, 1.82) is 0 Å². The van der Waals surface area contributed by atoms with E-state index in [1.165, 1.54) is 0 Å². The van der Waals surface area contributed by atoms with E-state index in [0.29, 0.717) is 11.8 Å². The van der Waals surface area contributed by atoms with Gasteiger partial charge in [-0.2, -0.15) is 0 Å². The van der Waals surface area contributed by atoms with Crippen molar-refractivity contribution in [2.75, 3.05) is 0 Å². The van der Waals surface area contributed by atoms with E-state index in [-0.39, 0.29) is 0 Å². The molecule has 3 rings (SSSR count). The number of hydrogen-bond acceptors (Lipinski definition) is 3. The molecular formula is C16H14BrN3O. The summed E-state index contributed by atoms with van der Waals surface area (Å²) in [5.41, 5.74) is 4.15. The Kier molecular flexibility index (Phi) is 3.51. The average molecular weight is 344 g/mol. The van der Waals surface area contributed by atoms with E-state index >= 15 is 0 Å². The van der Waals surface area contributed by atoms with Crippen molar-refractivity contribution >= 4 is 22.0 Å². The van der Waals surface area contributed by atoms with Gasteiger partial charge in [-0.25, -0.2) is 0 Å². The van der Waals surface area contributed by atoms with Crippen molar-refractivity contribution < 1.29 is 4.42 Å². The Balaban J connectivity index is 2.23. The number of halogens is 1. The molecule has 106 valence electrons. The fourth-order valence-corrected chi connectivity index (χ4v) is 2.81. The van der Waals surface area contributed by atoms with Crippen LogP contribution in [0.15, 0.2) is 45.8 Å². The standard InChI is InChI=1S/C16H14BrN3O/c1-4-14-18-19-16(21-14)15-10(2)8-11(3)20(15)13-7-5-6-12(17)9-13/h4-9H,1H2,2-3H3. The molecule has 0 saturated heterocycles. The van der Waals surface area contributed by atoms with Gasteiger partial charge >= 0.3 is 0 Å². The van der Waals surface area contributed by atoms with Crippen molar-refractivity contribution in [2.24, 2.45) is 0 Å². The lowest BCUT2D eigenvalue weighted by Gasteiger charge is -2.10. The molecular weight excluding hydrogens is 330 g/mol. The molecule has 0 spiro atoms. The molecule has 0 unspecified atom stereocenters. The first-order valence-corrected chi connectivity index (χ1v) is 7.30. The van der Waals surface area contributed by atoms with Crippen LogP contribution in [0.5, 0.6) is 0 Å². The van der Waals surface area contributed by atoms with E-state index in [1.807, 2.05) is 25.1 Å². The summed E-state index contributed by atoms with van der Waals surface area (Å²) < 4.78 is 8.77. The normalized spacial score (nSPS) is 10.8. The Morgan fingerprint density at radius 3 is 2.71 bits per heavy atom. The molecule has 5 heteroatoms. The molecule has 3 aromatic rings. The fourth-order valence-electron chi connectivity index (χ4n) is 2.42. The quantitative estimate of drug-likeness (QED) is 0.700. The molecule has 2 aromatic heterocycles. The van der Waals surface area contributed by atoms with Gasteiger partial charge in [-0.05, 0) is 49.8 Å². The Hall–Kier alpha value is -2.14. The minimum atomic E-state index is 0.420. The predicted octanol–water partition coefficient (Wildman–Crippen LogP) is 4.55. The zero-order chi connectivity index (χ0) is 15.0. The molecule has 4 nitrogen and oxygen atoms in total. The largest absolute Gasteiger partial charge is 0.415 e. The minimum Gasteiger partial charge on any atom is -0.415 e. The van der Waals surface area contributed by atoms with Gasteiger partial charge < -0.3 is 8.98 Å². The summed E-state index contributed by atoms with van der Waals surface area (Å²) >= 11 is 3.51. The summed E-state index contributed by atoms with van der Waals surface area (Å²) in [6.07, 6.45) is 1.55. The molecule has 2 heterocycles. The highest BCUT2D eigenvalue weighted by atomic mass is 79.9. The van der Waals surface area contributed by atoms with Crippen molar-refractivity contribution in [2.45, 2.75) is 13.8 Å². The lowest BCUT2D eigenvalue weighted by Crippen LogP contribution is -1.99. The van der Waals surface area contributed by atoms with Gasteiger partial charge in [0.25, 0.3) is 5.89 Å². The Labute approximate surface area is 131 Å². The highest BCUT2D eigenvalue weighted by Crippen LogP contribution is 2.30. The number of hydrogen-bond donors (Lipinski definition) is 0. The van der Waals surface area contributed by atoms with Gasteiger partial charge in [0.2, 0.25) is 5.89 Å². The molecule has 0 amide bonds. The lowest BCUT2D eigenvalue weighted by atomic mass is 10.2. The predicted molar refractivity (Wildman–Crippen MR) is 86.3 cm³/mol. The molecule has 21 heavy (non-hydrogen) atoms. The summed E-state index contributed by atoms with van der Waals surface area (Å²) in [5.74, 6) is 0.916. The summed E-state index contributed by atoms with van der Waals surface area (Å²) in [5, 5.41) is 8.08. The van der Waals surface area contributed by atoms with Gasteiger partial charge in [0, 0.05) is 15.9 Å². The third-order valence-electron chi connectivity index (χ3n) is 3.26. The SMILES string of the molecule is C=Cc1nnc(-c2c(C)cc(C)n2-c2cccc(Br)c2)o1. The summed E-state index contributed by atoms with van der Waals surface area (Å²) in [6.45, 7) is 7.74. The molecule has 0 radical (unpaired) electrons. The van der Waals surface area contributed by atoms with E-state index in [2.05, 4.69) is 56.3 Å². The molecule has 0 fully saturated rings.